The van der Waals surface area contributed by atoms with Gasteiger partial charge >= 0.3 is 6.18 Å². The van der Waals surface area contributed by atoms with Gasteiger partial charge in [0.1, 0.15) is 5.72 Å². The third-order valence-corrected chi connectivity index (χ3v) is 2.51. The van der Waals surface area contributed by atoms with E-state index >= 15 is 0 Å². The van der Waals surface area contributed by atoms with Crippen molar-refractivity contribution in [3.05, 3.63) is 0 Å². The molecule has 0 aromatic carbocycles. The van der Waals surface area contributed by atoms with Crippen molar-refractivity contribution in [1.29, 1.82) is 0 Å². The Hall–Kier alpha value is -0.820. The van der Waals surface area contributed by atoms with Gasteiger partial charge in [-0.15, -0.1) is 0 Å². The highest BCUT2D eigenvalue weighted by molar-refractivity contribution is 5.82. The molecule has 0 spiro atoms. The van der Waals surface area contributed by atoms with Crippen LogP contribution in [0.5, 0.6) is 0 Å². The molecule has 0 saturated carbocycles. The fourth-order valence-corrected chi connectivity index (χ4v) is 1.25. The van der Waals surface area contributed by atoms with Crippen LogP contribution in [-0.4, -0.2) is 31.0 Å². The van der Waals surface area contributed by atoms with Crippen molar-refractivity contribution >= 4 is 5.91 Å². The smallest absolute Gasteiger partial charge is 0.369 e. The lowest BCUT2D eigenvalue weighted by Gasteiger charge is -2.43. The first kappa shape index (κ1) is 12.3. The summed E-state index contributed by atoms with van der Waals surface area (Å²) in [6.07, 6.45) is -4.71. The van der Waals surface area contributed by atoms with Crippen LogP contribution in [0.25, 0.3) is 0 Å². The minimum absolute atomic E-state index is 0.557. The summed E-state index contributed by atoms with van der Waals surface area (Å²) < 4.78 is 43.0. The van der Waals surface area contributed by atoms with E-state index < -0.39 is 36.4 Å². The topological polar surface area (TPSA) is 64.3 Å². The van der Waals surface area contributed by atoms with Gasteiger partial charge < -0.3 is 10.5 Å². The molecule has 0 aromatic heterocycles. The SMILES string of the molecule is CC1(C)NC[C@@](C(N)=O)(C(F)(F)F)CO1. The van der Waals surface area contributed by atoms with E-state index in [9.17, 15) is 18.0 Å². The molecule has 1 saturated heterocycles. The van der Waals surface area contributed by atoms with Gasteiger partial charge in [-0.25, -0.2) is 0 Å². The zero-order chi connectivity index (χ0) is 11.9. The average molecular weight is 226 g/mol. The fourth-order valence-electron chi connectivity index (χ4n) is 1.25. The Kier molecular flexibility index (Phi) is 2.73. The summed E-state index contributed by atoms with van der Waals surface area (Å²) in [5.74, 6) is -1.42. The van der Waals surface area contributed by atoms with Crippen molar-refractivity contribution in [2.24, 2.45) is 11.1 Å². The molecule has 88 valence electrons. The maximum absolute atomic E-state index is 12.7. The van der Waals surface area contributed by atoms with Gasteiger partial charge in [-0.1, -0.05) is 0 Å². The zero-order valence-electron chi connectivity index (χ0n) is 8.44. The Morgan fingerprint density at radius 1 is 1.47 bits per heavy atom. The molecule has 0 radical (unpaired) electrons. The van der Waals surface area contributed by atoms with E-state index in [1.54, 1.807) is 13.8 Å². The lowest BCUT2D eigenvalue weighted by Crippen LogP contribution is -2.65. The van der Waals surface area contributed by atoms with E-state index in [0.717, 1.165) is 0 Å². The number of rotatable bonds is 1. The van der Waals surface area contributed by atoms with Crippen LogP contribution in [0.2, 0.25) is 0 Å². The highest BCUT2D eigenvalue weighted by Gasteiger charge is 2.62. The number of halogens is 3. The van der Waals surface area contributed by atoms with Crippen LogP contribution in [0.3, 0.4) is 0 Å². The molecule has 1 rings (SSSR count). The molecule has 1 fully saturated rings. The van der Waals surface area contributed by atoms with Crippen molar-refractivity contribution in [1.82, 2.24) is 5.32 Å². The zero-order valence-corrected chi connectivity index (χ0v) is 8.44. The predicted molar refractivity (Wildman–Crippen MR) is 45.7 cm³/mol. The number of primary amides is 1. The highest BCUT2D eigenvalue weighted by atomic mass is 19.4. The number of amides is 1. The maximum atomic E-state index is 12.7. The van der Waals surface area contributed by atoms with E-state index in [1.165, 1.54) is 0 Å². The molecule has 7 heteroatoms. The molecule has 1 amide bonds. The fraction of sp³-hybridized carbons (Fsp3) is 0.875. The van der Waals surface area contributed by atoms with Crippen molar-refractivity contribution in [3.63, 3.8) is 0 Å². The number of hydrogen-bond donors (Lipinski definition) is 2. The number of alkyl halides is 3. The highest BCUT2D eigenvalue weighted by Crippen LogP contribution is 2.40. The Labute approximate surface area is 84.9 Å². The molecule has 0 unspecified atom stereocenters. The second-order valence-corrected chi connectivity index (χ2v) is 4.10. The average Bonchev–Trinajstić information content (AvgIpc) is 2.01. The largest absolute Gasteiger partial charge is 0.406 e. The monoisotopic (exact) mass is 226 g/mol. The molecule has 3 N–H and O–H groups in total. The third kappa shape index (κ3) is 2.07. The first-order valence-electron chi connectivity index (χ1n) is 4.36. The van der Waals surface area contributed by atoms with Gasteiger partial charge in [-0.2, -0.15) is 13.2 Å². The van der Waals surface area contributed by atoms with Gasteiger partial charge in [0.25, 0.3) is 0 Å². The predicted octanol–water partition coefficient (Wildman–Crippen LogP) is 0.376. The molecule has 1 aliphatic heterocycles. The standard InChI is InChI=1S/C8H13F3N2O2/c1-6(2)13-3-7(4-15-6,5(12)14)8(9,10)11/h13H,3-4H2,1-2H3,(H2,12,14)/t7-/m1/s1. The van der Waals surface area contributed by atoms with E-state index in [1.807, 2.05) is 0 Å². The van der Waals surface area contributed by atoms with Crippen LogP contribution in [0, 0.1) is 5.41 Å². The third-order valence-electron chi connectivity index (χ3n) is 2.51. The molecular formula is C8H13F3N2O2. The van der Waals surface area contributed by atoms with Crippen LogP contribution < -0.4 is 11.1 Å². The Bertz CT molecular complexity index is 266. The first-order chi connectivity index (χ1) is 6.61. The molecule has 1 aliphatic rings. The van der Waals surface area contributed by atoms with Gasteiger partial charge in [-0.3, -0.25) is 10.1 Å². The van der Waals surface area contributed by atoms with Crippen LogP contribution in [0.1, 0.15) is 13.8 Å². The molecular weight excluding hydrogens is 213 g/mol. The van der Waals surface area contributed by atoms with Gasteiger partial charge in [-0.05, 0) is 13.8 Å². The van der Waals surface area contributed by atoms with E-state index in [2.05, 4.69) is 5.32 Å². The molecule has 0 aromatic rings. The van der Waals surface area contributed by atoms with Crippen LogP contribution in [0.15, 0.2) is 0 Å². The quantitative estimate of drug-likeness (QED) is 0.679. The lowest BCUT2D eigenvalue weighted by molar-refractivity contribution is -0.260. The summed E-state index contributed by atoms with van der Waals surface area (Å²) in [4.78, 5) is 10.9. The molecule has 1 heterocycles. The molecule has 0 aliphatic carbocycles. The molecule has 1 atom stereocenters. The van der Waals surface area contributed by atoms with Gasteiger partial charge in [0, 0.05) is 6.54 Å². The van der Waals surface area contributed by atoms with Crippen molar-refractivity contribution in [2.45, 2.75) is 25.7 Å². The summed E-state index contributed by atoms with van der Waals surface area (Å²) in [7, 11) is 0. The molecule has 15 heavy (non-hydrogen) atoms. The van der Waals surface area contributed by atoms with E-state index in [0.29, 0.717) is 0 Å². The minimum Gasteiger partial charge on any atom is -0.369 e. The van der Waals surface area contributed by atoms with Crippen molar-refractivity contribution in [3.8, 4) is 0 Å². The van der Waals surface area contributed by atoms with Crippen LogP contribution in [0.4, 0.5) is 13.2 Å². The van der Waals surface area contributed by atoms with Crippen LogP contribution in [-0.2, 0) is 9.53 Å². The summed E-state index contributed by atoms with van der Waals surface area (Å²) in [5, 5.41) is 2.49. The van der Waals surface area contributed by atoms with Gasteiger partial charge in [0.2, 0.25) is 5.91 Å². The van der Waals surface area contributed by atoms with Crippen LogP contribution >= 0.6 is 0 Å². The number of carbonyl (C=O) groups is 1. The van der Waals surface area contributed by atoms with Crippen molar-refractivity contribution in [2.75, 3.05) is 13.2 Å². The van der Waals surface area contributed by atoms with E-state index in [-0.39, 0.29) is 0 Å². The Morgan fingerprint density at radius 2 is 2.00 bits per heavy atom. The Morgan fingerprint density at radius 3 is 2.27 bits per heavy atom. The number of ether oxygens (including phenoxy) is 1. The van der Waals surface area contributed by atoms with E-state index in [4.69, 9.17) is 10.5 Å². The second-order valence-electron chi connectivity index (χ2n) is 4.10. The minimum atomic E-state index is -4.71. The number of carbonyl (C=O) groups excluding carboxylic acids is 1. The first-order valence-corrected chi connectivity index (χ1v) is 4.36. The summed E-state index contributed by atoms with van der Waals surface area (Å²) in [6, 6.07) is 0. The van der Waals surface area contributed by atoms with Gasteiger partial charge in [0.05, 0.1) is 6.61 Å². The summed E-state index contributed by atoms with van der Waals surface area (Å²) in [5.41, 5.74) is 1.30. The number of nitrogens with one attached hydrogen (secondary N) is 1. The summed E-state index contributed by atoms with van der Waals surface area (Å²) in [6.45, 7) is 1.85. The molecule has 0 bridgehead atoms. The van der Waals surface area contributed by atoms with Crippen molar-refractivity contribution < 1.29 is 22.7 Å². The normalized spacial score (nSPS) is 31.3. The Balaban J connectivity index is 2.94. The second kappa shape index (κ2) is 3.34. The maximum Gasteiger partial charge on any atom is 0.406 e. The summed E-state index contributed by atoms with van der Waals surface area (Å²) >= 11 is 0. The number of nitrogens with two attached hydrogens (primary N) is 1. The lowest BCUT2D eigenvalue weighted by atomic mass is 9.85. The number of hydrogen-bond acceptors (Lipinski definition) is 3. The van der Waals surface area contributed by atoms with Gasteiger partial charge in [0.15, 0.2) is 5.41 Å². The molecule has 4 nitrogen and oxygen atoms in total.